The van der Waals surface area contributed by atoms with Crippen molar-refractivity contribution >= 4 is 34.1 Å². The fraction of sp³-hybridized carbons (Fsp3) is 0.857. The molecule has 1 saturated carbocycles. The van der Waals surface area contributed by atoms with Crippen molar-refractivity contribution in [3.8, 4) is 0 Å². The quantitative estimate of drug-likeness (QED) is 0.692. The Balaban J connectivity index is 0.00000264. The smallest absolute Gasteiger partial charge is 0.239 e. The Bertz CT molecular complexity index is 540. The number of nitrogens with two attached hydrogens (primary N) is 1. The maximum atomic E-state index is 12.4. The summed E-state index contributed by atoms with van der Waals surface area (Å²) in [4.78, 5) is 26.0. The first-order valence-corrected chi connectivity index (χ1v) is 9.68. The largest absolute Gasteiger partial charge is 0.351 e. The lowest BCUT2D eigenvalue weighted by molar-refractivity contribution is -0.139. The minimum absolute atomic E-state index is 0. The van der Waals surface area contributed by atoms with Gasteiger partial charge < -0.3 is 16.0 Å². The predicted octanol–water partition coefficient (Wildman–Crippen LogP) is -0.313. The molecule has 3 unspecified atom stereocenters. The Morgan fingerprint density at radius 2 is 1.96 bits per heavy atom. The number of nitrogens with zero attached hydrogens (tertiary/aromatic N) is 1. The zero-order valence-corrected chi connectivity index (χ0v) is 15.0. The third-order valence-electron chi connectivity index (χ3n) is 4.51. The van der Waals surface area contributed by atoms with Crippen molar-refractivity contribution in [3.63, 3.8) is 0 Å². The summed E-state index contributed by atoms with van der Waals surface area (Å²) in [6.45, 7) is 2.24. The predicted molar refractivity (Wildman–Crippen MR) is 90.0 cm³/mol. The SMILES string of the molecule is CCN(CC(=O)NC1CCS(=O)(=O)C1)C(=O)C1CCCC1N.Cl. The fourth-order valence-corrected chi connectivity index (χ4v) is 4.90. The van der Waals surface area contributed by atoms with E-state index in [0.717, 1.165) is 19.3 Å². The number of carbonyl (C=O) groups is 2. The fourth-order valence-electron chi connectivity index (χ4n) is 3.23. The summed E-state index contributed by atoms with van der Waals surface area (Å²) in [5.74, 6) is -0.456. The molecule has 0 spiro atoms. The lowest BCUT2D eigenvalue weighted by atomic mass is 10.0. The number of hydrogen-bond donors (Lipinski definition) is 2. The Labute approximate surface area is 143 Å². The summed E-state index contributed by atoms with van der Waals surface area (Å²) in [5.41, 5.74) is 5.95. The van der Waals surface area contributed by atoms with Gasteiger partial charge in [0, 0.05) is 18.6 Å². The molecule has 9 heteroatoms. The molecule has 7 nitrogen and oxygen atoms in total. The van der Waals surface area contributed by atoms with Crippen LogP contribution in [0.1, 0.15) is 32.6 Å². The molecule has 1 heterocycles. The zero-order valence-electron chi connectivity index (χ0n) is 13.4. The molecule has 1 saturated heterocycles. The number of rotatable bonds is 5. The number of hydrogen-bond acceptors (Lipinski definition) is 5. The van der Waals surface area contributed by atoms with Crippen molar-refractivity contribution < 1.29 is 18.0 Å². The first-order valence-electron chi connectivity index (χ1n) is 7.86. The molecule has 0 aromatic rings. The second-order valence-corrected chi connectivity index (χ2v) is 8.45. The summed E-state index contributed by atoms with van der Waals surface area (Å²) in [5, 5.41) is 2.71. The summed E-state index contributed by atoms with van der Waals surface area (Å²) in [6.07, 6.45) is 3.02. The number of carbonyl (C=O) groups excluding carboxylic acids is 2. The Morgan fingerprint density at radius 1 is 1.26 bits per heavy atom. The molecule has 2 amide bonds. The van der Waals surface area contributed by atoms with Crippen LogP contribution < -0.4 is 11.1 Å². The van der Waals surface area contributed by atoms with Crippen molar-refractivity contribution in [1.29, 1.82) is 0 Å². The van der Waals surface area contributed by atoms with E-state index in [4.69, 9.17) is 5.73 Å². The summed E-state index contributed by atoms with van der Waals surface area (Å²) in [6, 6.07) is -0.454. The van der Waals surface area contributed by atoms with Gasteiger partial charge in [0.05, 0.1) is 24.0 Å². The van der Waals surface area contributed by atoms with Crippen LogP contribution in [0, 0.1) is 5.92 Å². The van der Waals surface area contributed by atoms with Crippen LogP contribution in [-0.4, -0.2) is 61.8 Å². The normalized spacial score (nSPS) is 28.9. The first kappa shape index (κ1) is 20.2. The topological polar surface area (TPSA) is 110 Å². The van der Waals surface area contributed by atoms with Crippen LogP contribution in [0.15, 0.2) is 0 Å². The van der Waals surface area contributed by atoms with Crippen LogP contribution in [0.3, 0.4) is 0 Å². The van der Waals surface area contributed by atoms with Crippen molar-refractivity contribution in [3.05, 3.63) is 0 Å². The molecule has 2 rings (SSSR count). The second-order valence-electron chi connectivity index (χ2n) is 6.22. The molecule has 0 radical (unpaired) electrons. The molecule has 0 bridgehead atoms. The summed E-state index contributed by atoms with van der Waals surface area (Å²) in [7, 11) is -3.02. The van der Waals surface area contributed by atoms with Crippen LogP contribution in [-0.2, 0) is 19.4 Å². The van der Waals surface area contributed by atoms with Gasteiger partial charge in [0.2, 0.25) is 11.8 Å². The van der Waals surface area contributed by atoms with E-state index in [9.17, 15) is 18.0 Å². The highest BCUT2D eigenvalue weighted by molar-refractivity contribution is 7.91. The molecule has 2 fully saturated rings. The van der Waals surface area contributed by atoms with Crippen molar-refractivity contribution in [2.24, 2.45) is 11.7 Å². The van der Waals surface area contributed by atoms with Crippen LogP contribution in [0.4, 0.5) is 0 Å². The van der Waals surface area contributed by atoms with Gasteiger partial charge in [0.25, 0.3) is 0 Å². The highest BCUT2D eigenvalue weighted by Crippen LogP contribution is 2.25. The molecule has 1 aliphatic carbocycles. The highest BCUT2D eigenvalue weighted by atomic mass is 35.5. The van der Waals surface area contributed by atoms with Gasteiger partial charge in [0.1, 0.15) is 0 Å². The second kappa shape index (κ2) is 8.30. The Morgan fingerprint density at radius 3 is 2.43 bits per heavy atom. The number of halogens is 1. The lowest BCUT2D eigenvalue weighted by Gasteiger charge is -2.26. The van der Waals surface area contributed by atoms with Gasteiger partial charge in [-0.15, -0.1) is 12.4 Å². The first-order chi connectivity index (χ1) is 10.3. The Hall–Kier alpha value is -0.860. The minimum Gasteiger partial charge on any atom is -0.351 e. The van der Waals surface area contributed by atoms with Gasteiger partial charge >= 0.3 is 0 Å². The standard InChI is InChI=1S/C14H25N3O4S.ClH/c1-2-17(14(19)11-4-3-5-12(11)15)8-13(18)16-10-6-7-22(20,21)9-10;/h10-12H,2-9,15H2,1H3,(H,16,18);1H. The third kappa shape index (κ3) is 5.32. The van der Waals surface area contributed by atoms with Crippen molar-refractivity contribution in [2.75, 3.05) is 24.6 Å². The van der Waals surface area contributed by atoms with Crippen LogP contribution in [0.2, 0.25) is 0 Å². The van der Waals surface area contributed by atoms with E-state index < -0.39 is 9.84 Å². The number of sulfone groups is 1. The molecule has 3 atom stereocenters. The van der Waals surface area contributed by atoms with E-state index in [-0.39, 0.29) is 60.3 Å². The van der Waals surface area contributed by atoms with E-state index in [0.29, 0.717) is 13.0 Å². The molecule has 1 aliphatic heterocycles. The van der Waals surface area contributed by atoms with E-state index in [1.54, 1.807) is 0 Å². The molecular formula is C14H26ClN3O4S. The monoisotopic (exact) mass is 367 g/mol. The minimum atomic E-state index is -3.02. The maximum Gasteiger partial charge on any atom is 0.239 e. The van der Waals surface area contributed by atoms with Gasteiger partial charge in [-0.1, -0.05) is 6.42 Å². The van der Waals surface area contributed by atoms with Crippen molar-refractivity contribution in [2.45, 2.75) is 44.7 Å². The van der Waals surface area contributed by atoms with E-state index in [1.807, 2.05) is 6.92 Å². The summed E-state index contributed by atoms with van der Waals surface area (Å²) < 4.78 is 22.8. The van der Waals surface area contributed by atoms with Gasteiger partial charge in [-0.3, -0.25) is 9.59 Å². The van der Waals surface area contributed by atoms with E-state index in [2.05, 4.69) is 5.32 Å². The third-order valence-corrected chi connectivity index (χ3v) is 6.28. The Kier molecular flexibility index (Phi) is 7.29. The number of nitrogens with one attached hydrogen (secondary N) is 1. The molecule has 23 heavy (non-hydrogen) atoms. The van der Waals surface area contributed by atoms with Gasteiger partial charge in [0.15, 0.2) is 9.84 Å². The molecular weight excluding hydrogens is 342 g/mol. The van der Waals surface area contributed by atoms with Crippen molar-refractivity contribution in [1.82, 2.24) is 10.2 Å². The average molecular weight is 368 g/mol. The lowest BCUT2D eigenvalue weighted by Crippen LogP contribution is -2.48. The molecule has 134 valence electrons. The van der Waals surface area contributed by atoms with E-state index >= 15 is 0 Å². The van der Waals surface area contributed by atoms with Gasteiger partial charge in [-0.2, -0.15) is 0 Å². The number of likely N-dealkylation sites (N-methyl/N-ethyl adjacent to an activating group) is 1. The molecule has 3 N–H and O–H groups in total. The highest BCUT2D eigenvalue weighted by Gasteiger charge is 2.34. The molecule has 2 aliphatic rings. The van der Waals surface area contributed by atoms with Crippen LogP contribution >= 0.6 is 12.4 Å². The van der Waals surface area contributed by atoms with Crippen LogP contribution in [0.25, 0.3) is 0 Å². The van der Waals surface area contributed by atoms with Gasteiger partial charge in [-0.05, 0) is 26.2 Å². The summed E-state index contributed by atoms with van der Waals surface area (Å²) >= 11 is 0. The molecule has 0 aromatic carbocycles. The number of amides is 2. The maximum absolute atomic E-state index is 12.4. The van der Waals surface area contributed by atoms with Gasteiger partial charge in [-0.25, -0.2) is 8.42 Å². The molecule has 0 aromatic heterocycles. The van der Waals surface area contributed by atoms with Crippen LogP contribution in [0.5, 0.6) is 0 Å². The zero-order chi connectivity index (χ0) is 16.3. The van der Waals surface area contributed by atoms with E-state index in [1.165, 1.54) is 4.90 Å². The average Bonchev–Trinajstić information content (AvgIpc) is 3.01.